The van der Waals surface area contributed by atoms with Crippen LogP contribution in [0.25, 0.3) is 0 Å². The molecule has 1 aliphatic heterocycles. The summed E-state index contributed by atoms with van der Waals surface area (Å²) in [6, 6.07) is -0.203. The SMILES string of the molecule is FC(F)(F)c1cocc1[C@H]1CCCN1. The van der Waals surface area contributed by atoms with Gasteiger partial charge in [-0.05, 0) is 19.4 Å². The van der Waals surface area contributed by atoms with Crippen molar-refractivity contribution in [3.63, 3.8) is 0 Å². The highest BCUT2D eigenvalue weighted by atomic mass is 19.4. The monoisotopic (exact) mass is 205 g/mol. The van der Waals surface area contributed by atoms with Gasteiger partial charge in [0.15, 0.2) is 0 Å². The Labute approximate surface area is 79.1 Å². The number of hydrogen-bond acceptors (Lipinski definition) is 2. The lowest BCUT2D eigenvalue weighted by atomic mass is 10.0. The summed E-state index contributed by atoms with van der Waals surface area (Å²) in [4.78, 5) is 0. The van der Waals surface area contributed by atoms with E-state index in [1.165, 1.54) is 6.26 Å². The normalized spacial score (nSPS) is 22.9. The molecule has 14 heavy (non-hydrogen) atoms. The third-order valence-electron chi connectivity index (χ3n) is 2.43. The molecule has 0 aliphatic carbocycles. The maximum absolute atomic E-state index is 12.4. The van der Waals surface area contributed by atoms with Crippen LogP contribution < -0.4 is 5.32 Å². The fourth-order valence-electron chi connectivity index (χ4n) is 1.76. The van der Waals surface area contributed by atoms with Crippen molar-refractivity contribution in [1.82, 2.24) is 5.32 Å². The second-order valence-electron chi connectivity index (χ2n) is 3.39. The first-order chi connectivity index (χ1) is 6.59. The van der Waals surface area contributed by atoms with Gasteiger partial charge in [0.25, 0.3) is 0 Å². The van der Waals surface area contributed by atoms with Gasteiger partial charge in [-0.2, -0.15) is 13.2 Å². The van der Waals surface area contributed by atoms with Gasteiger partial charge in [-0.15, -0.1) is 0 Å². The summed E-state index contributed by atoms with van der Waals surface area (Å²) in [5, 5.41) is 3.01. The fraction of sp³-hybridized carbons (Fsp3) is 0.556. The Kier molecular flexibility index (Phi) is 2.26. The van der Waals surface area contributed by atoms with Crippen LogP contribution in [0.2, 0.25) is 0 Å². The summed E-state index contributed by atoms with van der Waals surface area (Å²) < 4.78 is 42.0. The van der Waals surface area contributed by atoms with Gasteiger partial charge in [-0.1, -0.05) is 0 Å². The van der Waals surface area contributed by atoms with Crippen LogP contribution in [0.3, 0.4) is 0 Å². The topological polar surface area (TPSA) is 25.2 Å². The average molecular weight is 205 g/mol. The minimum absolute atomic E-state index is 0.203. The minimum Gasteiger partial charge on any atom is -0.472 e. The van der Waals surface area contributed by atoms with Crippen molar-refractivity contribution in [2.24, 2.45) is 0 Å². The van der Waals surface area contributed by atoms with E-state index in [2.05, 4.69) is 9.73 Å². The zero-order chi connectivity index (χ0) is 10.2. The first kappa shape index (κ1) is 9.58. The van der Waals surface area contributed by atoms with Crippen LogP contribution in [-0.4, -0.2) is 6.54 Å². The highest BCUT2D eigenvalue weighted by Gasteiger charge is 2.37. The van der Waals surface area contributed by atoms with Crippen molar-refractivity contribution in [3.05, 3.63) is 23.7 Å². The maximum Gasteiger partial charge on any atom is 0.419 e. The largest absolute Gasteiger partial charge is 0.472 e. The molecule has 1 atom stereocenters. The molecule has 0 unspecified atom stereocenters. The Balaban J connectivity index is 2.29. The van der Waals surface area contributed by atoms with Crippen LogP contribution >= 0.6 is 0 Å². The molecule has 78 valence electrons. The standard InChI is InChI=1S/C9H10F3NO/c10-9(11,12)7-5-14-4-6(7)8-2-1-3-13-8/h4-5,8,13H,1-3H2/t8-/m1/s1. The second-order valence-corrected chi connectivity index (χ2v) is 3.39. The summed E-state index contributed by atoms with van der Waals surface area (Å²) in [6.07, 6.45) is -0.705. The molecule has 0 bridgehead atoms. The predicted octanol–water partition coefficient (Wildman–Crippen LogP) is 2.72. The predicted molar refractivity (Wildman–Crippen MR) is 43.7 cm³/mol. The minimum atomic E-state index is -4.31. The van der Waals surface area contributed by atoms with E-state index in [1.807, 2.05) is 0 Å². The summed E-state index contributed by atoms with van der Waals surface area (Å²) in [6.45, 7) is 0.771. The van der Waals surface area contributed by atoms with Gasteiger partial charge in [0.1, 0.15) is 6.26 Å². The Morgan fingerprint density at radius 1 is 1.36 bits per heavy atom. The summed E-state index contributed by atoms with van der Waals surface area (Å²) in [7, 11) is 0. The lowest BCUT2D eigenvalue weighted by Gasteiger charge is -2.12. The number of alkyl halides is 3. The molecule has 0 aromatic carbocycles. The van der Waals surface area contributed by atoms with E-state index in [-0.39, 0.29) is 11.6 Å². The molecule has 1 aromatic rings. The molecule has 5 heteroatoms. The van der Waals surface area contributed by atoms with Crippen molar-refractivity contribution in [2.75, 3.05) is 6.54 Å². The van der Waals surface area contributed by atoms with Gasteiger partial charge < -0.3 is 9.73 Å². The number of halogens is 3. The Bertz CT molecular complexity index is 312. The first-order valence-electron chi connectivity index (χ1n) is 4.45. The molecule has 1 N–H and O–H groups in total. The molecular formula is C9H10F3NO. The molecule has 1 aromatic heterocycles. The molecule has 2 rings (SSSR count). The van der Waals surface area contributed by atoms with Gasteiger partial charge in [0.05, 0.1) is 11.8 Å². The molecule has 1 fully saturated rings. The van der Waals surface area contributed by atoms with Crippen LogP contribution in [0.4, 0.5) is 13.2 Å². The lowest BCUT2D eigenvalue weighted by molar-refractivity contribution is -0.138. The van der Waals surface area contributed by atoms with E-state index < -0.39 is 11.7 Å². The van der Waals surface area contributed by atoms with E-state index >= 15 is 0 Å². The van der Waals surface area contributed by atoms with Gasteiger partial charge in [0, 0.05) is 11.6 Å². The van der Waals surface area contributed by atoms with Crippen LogP contribution in [0.1, 0.15) is 30.0 Å². The van der Waals surface area contributed by atoms with E-state index in [1.54, 1.807) is 0 Å². The lowest BCUT2D eigenvalue weighted by Crippen LogP contribution is -2.16. The zero-order valence-corrected chi connectivity index (χ0v) is 7.40. The zero-order valence-electron chi connectivity index (χ0n) is 7.40. The third kappa shape index (κ3) is 1.64. The highest BCUT2D eigenvalue weighted by molar-refractivity contribution is 5.28. The number of nitrogens with one attached hydrogen (secondary N) is 1. The molecule has 0 saturated carbocycles. The van der Waals surface area contributed by atoms with E-state index in [9.17, 15) is 13.2 Å². The van der Waals surface area contributed by atoms with Gasteiger partial charge in [-0.25, -0.2) is 0 Å². The number of furan rings is 1. The summed E-state index contributed by atoms with van der Waals surface area (Å²) in [5.41, 5.74) is -0.424. The third-order valence-corrected chi connectivity index (χ3v) is 2.43. The molecule has 0 amide bonds. The number of hydrogen-bond donors (Lipinski definition) is 1. The number of rotatable bonds is 1. The Morgan fingerprint density at radius 3 is 2.71 bits per heavy atom. The smallest absolute Gasteiger partial charge is 0.419 e. The molecule has 0 spiro atoms. The van der Waals surface area contributed by atoms with Crippen LogP contribution in [-0.2, 0) is 6.18 Å². The summed E-state index contributed by atoms with van der Waals surface area (Å²) >= 11 is 0. The Hall–Kier alpha value is -0.970. The van der Waals surface area contributed by atoms with Crippen LogP contribution in [0.5, 0.6) is 0 Å². The van der Waals surface area contributed by atoms with Crippen LogP contribution in [0.15, 0.2) is 16.9 Å². The molecular weight excluding hydrogens is 195 g/mol. The Morgan fingerprint density at radius 2 is 2.14 bits per heavy atom. The van der Waals surface area contributed by atoms with E-state index in [0.29, 0.717) is 0 Å². The highest BCUT2D eigenvalue weighted by Crippen LogP contribution is 2.37. The van der Waals surface area contributed by atoms with Crippen molar-refractivity contribution in [2.45, 2.75) is 25.1 Å². The average Bonchev–Trinajstić information content (AvgIpc) is 2.73. The van der Waals surface area contributed by atoms with Gasteiger partial charge >= 0.3 is 6.18 Å². The molecule has 2 nitrogen and oxygen atoms in total. The quantitative estimate of drug-likeness (QED) is 0.762. The molecule has 2 heterocycles. The van der Waals surface area contributed by atoms with Crippen molar-refractivity contribution < 1.29 is 17.6 Å². The molecule has 1 aliphatic rings. The molecule has 1 saturated heterocycles. The fourth-order valence-corrected chi connectivity index (χ4v) is 1.76. The van der Waals surface area contributed by atoms with Gasteiger partial charge in [0.2, 0.25) is 0 Å². The second kappa shape index (κ2) is 3.31. The van der Waals surface area contributed by atoms with Gasteiger partial charge in [-0.3, -0.25) is 0 Å². The maximum atomic E-state index is 12.4. The first-order valence-corrected chi connectivity index (χ1v) is 4.45. The summed E-state index contributed by atoms with van der Waals surface area (Å²) in [5.74, 6) is 0. The van der Waals surface area contributed by atoms with E-state index in [0.717, 1.165) is 25.6 Å². The van der Waals surface area contributed by atoms with Crippen molar-refractivity contribution in [1.29, 1.82) is 0 Å². The van der Waals surface area contributed by atoms with Crippen LogP contribution in [0, 0.1) is 0 Å². The molecule has 0 radical (unpaired) electrons. The van der Waals surface area contributed by atoms with Crippen molar-refractivity contribution in [3.8, 4) is 0 Å². The van der Waals surface area contributed by atoms with E-state index in [4.69, 9.17) is 0 Å². The van der Waals surface area contributed by atoms with Crippen molar-refractivity contribution >= 4 is 0 Å².